The van der Waals surface area contributed by atoms with E-state index in [1.165, 1.54) is 4.57 Å². The molecular weight excluding hydrogens is 220 g/mol. The first-order valence-electron chi connectivity index (χ1n) is 5.54. The maximum absolute atomic E-state index is 12.2. The van der Waals surface area contributed by atoms with E-state index in [1.807, 2.05) is 7.05 Å². The maximum Gasteiger partial charge on any atom is 0.328 e. The zero-order valence-electron chi connectivity index (χ0n) is 9.80. The number of likely N-dealkylation sites (N-methyl/N-ethyl adjacent to an activating group) is 1. The lowest BCUT2D eigenvalue weighted by molar-refractivity contribution is 0.0989. The molecule has 0 saturated carbocycles. The Bertz CT molecular complexity index is 432. The number of hydrogen-bond acceptors (Lipinski definition) is 3. The van der Waals surface area contributed by atoms with Crippen molar-refractivity contribution in [3.05, 3.63) is 24.0 Å². The number of carbonyl (C=O) groups excluding carboxylic acids is 2. The van der Waals surface area contributed by atoms with Gasteiger partial charge in [-0.2, -0.15) is 0 Å². The van der Waals surface area contributed by atoms with E-state index >= 15 is 0 Å². The fourth-order valence-electron chi connectivity index (χ4n) is 1.90. The first-order valence-corrected chi connectivity index (χ1v) is 5.54. The zero-order chi connectivity index (χ0) is 12.4. The predicted molar refractivity (Wildman–Crippen MR) is 62.8 cm³/mol. The van der Waals surface area contributed by atoms with Crippen LogP contribution in [0.5, 0.6) is 0 Å². The maximum atomic E-state index is 12.2. The van der Waals surface area contributed by atoms with Crippen molar-refractivity contribution in [1.82, 2.24) is 14.4 Å². The van der Waals surface area contributed by atoms with Crippen LogP contribution in [0.4, 0.5) is 4.79 Å². The van der Waals surface area contributed by atoms with Crippen molar-refractivity contribution in [3.63, 3.8) is 0 Å². The molecular formula is C11H16N4O2. The van der Waals surface area contributed by atoms with Crippen molar-refractivity contribution in [3.8, 4) is 0 Å². The van der Waals surface area contributed by atoms with Crippen LogP contribution in [0.3, 0.4) is 0 Å². The molecule has 2 heterocycles. The molecule has 0 bridgehead atoms. The van der Waals surface area contributed by atoms with E-state index in [0.717, 1.165) is 13.1 Å². The van der Waals surface area contributed by atoms with Gasteiger partial charge in [0, 0.05) is 32.4 Å². The van der Waals surface area contributed by atoms with Gasteiger partial charge in [-0.15, -0.1) is 0 Å². The Morgan fingerprint density at radius 1 is 1.24 bits per heavy atom. The van der Waals surface area contributed by atoms with E-state index in [1.54, 1.807) is 23.2 Å². The Balaban J connectivity index is 2.14. The Morgan fingerprint density at radius 2 is 1.88 bits per heavy atom. The Morgan fingerprint density at radius 3 is 2.47 bits per heavy atom. The first-order chi connectivity index (χ1) is 8.09. The largest absolute Gasteiger partial charge is 0.364 e. The second kappa shape index (κ2) is 4.58. The molecule has 2 N–H and O–H groups in total. The number of hydrogen-bond donors (Lipinski definition) is 1. The van der Waals surface area contributed by atoms with Gasteiger partial charge in [-0.3, -0.25) is 9.36 Å². The number of amides is 2. The number of primary amides is 1. The van der Waals surface area contributed by atoms with Crippen molar-refractivity contribution in [2.45, 2.75) is 0 Å². The summed E-state index contributed by atoms with van der Waals surface area (Å²) in [4.78, 5) is 27.2. The standard InChI is InChI=1S/C11H16N4O2/c1-13-5-7-14(8-6-13)11(17)15-4-2-3-9(15)10(12)16/h2-4H,5-8H2,1H3,(H2,12,16). The van der Waals surface area contributed by atoms with Crippen molar-refractivity contribution in [1.29, 1.82) is 0 Å². The molecule has 6 heteroatoms. The quantitative estimate of drug-likeness (QED) is 0.734. The average Bonchev–Trinajstić information content (AvgIpc) is 2.78. The summed E-state index contributed by atoms with van der Waals surface area (Å²) in [5.41, 5.74) is 5.44. The van der Waals surface area contributed by atoms with Crippen LogP contribution in [0.1, 0.15) is 10.5 Å². The van der Waals surface area contributed by atoms with Crippen LogP contribution < -0.4 is 5.73 Å². The number of nitrogens with zero attached hydrogens (tertiary/aromatic N) is 3. The lowest BCUT2D eigenvalue weighted by atomic mass is 10.3. The molecule has 1 aromatic rings. The van der Waals surface area contributed by atoms with E-state index in [2.05, 4.69) is 4.90 Å². The van der Waals surface area contributed by atoms with Crippen LogP contribution in [-0.2, 0) is 0 Å². The summed E-state index contributed by atoms with van der Waals surface area (Å²) in [5, 5.41) is 0. The van der Waals surface area contributed by atoms with Crippen molar-refractivity contribution < 1.29 is 9.59 Å². The molecule has 0 aliphatic carbocycles. The second-order valence-corrected chi connectivity index (χ2v) is 4.20. The molecule has 0 atom stereocenters. The molecule has 2 amide bonds. The van der Waals surface area contributed by atoms with Gasteiger partial charge in [0.25, 0.3) is 5.91 Å². The minimum atomic E-state index is -0.586. The topological polar surface area (TPSA) is 71.6 Å². The van der Waals surface area contributed by atoms with E-state index in [0.29, 0.717) is 13.1 Å². The summed E-state index contributed by atoms with van der Waals surface area (Å²) < 4.78 is 1.31. The summed E-state index contributed by atoms with van der Waals surface area (Å²) in [7, 11) is 2.02. The molecule has 0 aromatic carbocycles. The summed E-state index contributed by atoms with van der Waals surface area (Å²) in [6.45, 7) is 3.04. The Kier molecular flexibility index (Phi) is 3.14. The SMILES string of the molecule is CN1CCN(C(=O)n2cccc2C(N)=O)CC1. The molecule has 2 rings (SSSR count). The van der Waals surface area contributed by atoms with Crippen LogP contribution in [0.25, 0.3) is 0 Å². The highest BCUT2D eigenvalue weighted by Crippen LogP contribution is 2.07. The minimum absolute atomic E-state index is 0.183. The predicted octanol–water partition coefficient (Wildman–Crippen LogP) is -0.197. The lowest BCUT2D eigenvalue weighted by Gasteiger charge is -2.32. The molecule has 6 nitrogen and oxygen atoms in total. The van der Waals surface area contributed by atoms with Gasteiger partial charge < -0.3 is 15.5 Å². The van der Waals surface area contributed by atoms with Crippen LogP contribution >= 0.6 is 0 Å². The van der Waals surface area contributed by atoms with Crippen LogP contribution in [0, 0.1) is 0 Å². The zero-order valence-corrected chi connectivity index (χ0v) is 9.80. The van der Waals surface area contributed by atoms with E-state index in [4.69, 9.17) is 5.73 Å². The number of rotatable bonds is 1. The molecule has 0 spiro atoms. The Labute approximate surface area is 99.6 Å². The van der Waals surface area contributed by atoms with Gasteiger partial charge in [0.2, 0.25) is 0 Å². The van der Waals surface area contributed by atoms with Crippen LogP contribution in [0.15, 0.2) is 18.3 Å². The van der Waals surface area contributed by atoms with E-state index in [9.17, 15) is 9.59 Å². The van der Waals surface area contributed by atoms with Gasteiger partial charge in [0.1, 0.15) is 5.69 Å². The van der Waals surface area contributed by atoms with Crippen molar-refractivity contribution in [2.75, 3.05) is 33.2 Å². The van der Waals surface area contributed by atoms with Gasteiger partial charge >= 0.3 is 6.03 Å². The third-order valence-corrected chi connectivity index (χ3v) is 2.98. The van der Waals surface area contributed by atoms with Gasteiger partial charge in [-0.05, 0) is 19.2 Å². The number of nitrogens with two attached hydrogens (primary N) is 1. The lowest BCUT2D eigenvalue weighted by Crippen LogP contribution is -2.48. The Hall–Kier alpha value is -1.82. The van der Waals surface area contributed by atoms with Gasteiger partial charge in [-0.1, -0.05) is 0 Å². The normalized spacial score (nSPS) is 17.1. The second-order valence-electron chi connectivity index (χ2n) is 4.20. The highest BCUT2D eigenvalue weighted by molar-refractivity contribution is 5.95. The van der Waals surface area contributed by atoms with Gasteiger partial charge in [0.05, 0.1) is 0 Å². The fourth-order valence-corrected chi connectivity index (χ4v) is 1.90. The van der Waals surface area contributed by atoms with E-state index < -0.39 is 5.91 Å². The molecule has 1 fully saturated rings. The van der Waals surface area contributed by atoms with Gasteiger partial charge in [0.15, 0.2) is 0 Å². The van der Waals surface area contributed by atoms with Crippen LogP contribution in [0.2, 0.25) is 0 Å². The summed E-state index contributed by atoms with van der Waals surface area (Å²) in [6.07, 6.45) is 1.57. The van der Waals surface area contributed by atoms with Crippen LogP contribution in [-0.4, -0.2) is 59.5 Å². The molecule has 0 radical (unpaired) electrons. The summed E-state index contributed by atoms with van der Waals surface area (Å²) >= 11 is 0. The average molecular weight is 236 g/mol. The highest BCUT2D eigenvalue weighted by Gasteiger charge is 2.22. The number of carbonyl (C=O) groups is 2. The third kappa shape index (κ3) is 2.31. The number of piperazine rings is 1. The molecule has 1 saturated heterocycles. The van der Waals surface area contributed by atoms with E-state index in [-0.39, 0.29) is 11.7 Å². The number of aromatic nitrogens is 1. The molecule has 1 aromatic heterocycles. The minimum Gasteiger partial charge on any atom is -0.364 e. The monoisotopic (exact) mass is 236 g/mol. The van der Waals surface area contributed by atoms with Crippen molar-refractivity contribution >= 4 is 11.9 Å². The molecule has 1 aliphatic heterocycles. The highest BCUT2D eigenvalue weighted by atomic mass is 16.2. The molecule has 0 unspecified atom stereocenters. The van der Waals surface area contributed by atoms with Gasteiger partial charge in [-0.25, -0.2) is 4.79 Å². The first kappa shape index (κ1) is 11.7. The summed E-state index contributed by atoms with van der Waals surface area (Å²) in [5.74, 6) is -0.586. The fraction of sp³-hybridized carbons (Fsp3) is 0.455. The summed E-state index contributed by atoms with van der Waals surface area (Å²) in [6, 6.07) is 3.02. The smallest absolute Gasteiger partial charge is 0.328 e. The molecule has 17 heavy (non-hydrogen) atoms. The molecule has 1 aliphatic rings. The van der Waals surface area contributed by atoms with Crippen molar-refractivity contribution in [2.24, 2.45) is 5.73 Å². The molecule has 92 valence electrons. The third-order valence-electron chi connectivity index (χ3n) is 2.98.